The summed E-state index contributed by atoms with van der Waals surface area (Å²) in [5, 5.41) is 9.13. The van der Waals surface area contributed by atoms with Gasteiger partial charge < -0.3 is 5.11 Å². The molecule has 1 N–H and O–H groups in total. The lowest BCUT2D eigenvalue weighted by atomic mass is 9.87. The van der Waals surface area contributed by atoms with Gasteiger partial charge in [-0.15, -0.1) is 0 Å². The largest absolute Gasteiger partial charge is 0.396 e. The van der Waals surface area contributed by atoms with Crippen molar-refractivity contribution in [3.63, 3.8) is 0 Å². The van der Waals surface area contributed by atoms with Crippen molar-refractivity contribution in [1.82, 2.24) is 4.31 Å². The number of hydrogen-bond donors (Lipinski definition) is 1. The van der Waals surface area contributed by atoms with Crippen molar-refractivity contribution < 1.29 is 22.3 Å². The molecular formula is C15H21F2NO3S. The van der Waals surface area contributed by atoms with Crippen LogP contribution in [0, 0.1) is 24.5 Å². The number of benzene rings is 1. The molecule has 0 heterocycles. The quantitative estimate of drug-likeness (QED) is 0.921. The molecule has 1 aliphatic rings. The molecule has 22 heavy (non-hydrogen) atoms. The average Bonchev–Trinajstić information content (AvgIpc) is 2.50. The van der Waals surface area contributed by atoms with Gasteiger partial charge in [0.05, 0.1) is 0 Å². The van der Waals surface area contributed by atoms with Crippen LogP contribution in [0.2, 0.25) is 0 Å². The maximum absolute atomic E-state index is 13.9. The molecular weight excluding hydrogens is 312 g/mol. The summed E-state index contributed by atoms with van der Waals surface area (Å²) in [4.78, 5) is -0.488. The predicted molar refractivity (Wildman–Crippen MR) is 78.9 cm³/mol. The van der Waals surface area contributed by atoms with Crippen LogP contribution in [0.5, 0.6) is 0 Å². The molecule has 1 aromatic rings. The van der Waals surface area contributed by atoms with Crippen LogP contribution >= 0.6 is 0 Å². The second-order valence-corrected chi connectivity index (χ2v) is 7.88. The Morgan fingerprint density at radius 3 is 2.32 bits per heavy atom. The number of hydrogen-bond acceptors (Lipinski definition) is 3. The second-order valence-electron chi connectivity index (χ2n) is 5.91. The van der Waals surface area contributed by atoms with Gasteiger partial charge in [0.15, 0.2) is 0 Å². The molecule has 1 fully saturated rings. The summed E-state index contributed by atoms with van der Waals surface area (Å²) in [7, 11) is -2.58. The van der Waals surface area contributed by atoms with Crippen LogP contribution in [0.4, 0.5) is 8.78 Å². The minimum atomic E-state index is -4.00. The Balaban J connectivity index is 2.25. The minimum absolute atomic E-state index is 0.0948. The molecule has 1 saturated carbocycles. The number of halogens is 2. The summed E-state index contributed by atoms with van der Waals surface area (Å²) >= 11 is 0. The van der Waals surface area contributed by atoms with Gasteiger partial charge in [0, 0.05) is 25.8 Å². The van der Waals surface area contributed by atoms with E-state index in [-0.39, 0.29) is 24.1 Å². The van der Waals surface area contributed by atoms with E-state index in [1.54, 1.807) is 0 Å². The summed E-state index contributed by atoms with van der Waals surface area (Å²) in [5.74, 6) is -1.63. The lowest BCUT2D eigenvalue weighted by Gasteiger charge is -2.33. The molecule has 0 aliphatic heterocycles. The molecule has 0 aromatic heterocycles. The Morgan fingerprint density at radius 2 is 1.77 bits per heavy atom. The minimum Gasteiger partial charge on any atom is -0.396 e. The summed E-state index contributed by atoms with van der Waals surface area (Å²) < 4.78 is 53.5. The lowest BCUT2D eigenvalue weighted by molar-refractivity contribution is 0.159. The monoisotopic (exact) mass is 333 g/mol. The first-order chi connectivity index (χ1) is 10.3. The first-order valence-corrected chi connectivity index (χ1v) is 8.76. The molecule has 0 atom stereocenters. The average molecular weight is 333 g/mol. The molecule has 7 heteroatoms. The number of aliphatic hydroxyl groups is 1. The molecule has 0 radical (unpaired) electrons. The number of aryl methyl sites for hydroxylation is 1. The molecule has 1 aliphatic carbocycles. The van der Waals surface area contributed by atoms with Crippen molar-refractivity contribution in [3.8, 4) is 0 Å². The van der Waals surface area contributed by atoms with Crippen LogP contribution in [-0.2, 0) is 10.0 Å². The third-order valence-corrected chi connectivity index (χ3v) is 6.38. The zero-order chi connectivity index (χ0) is 16.5. The van der Waals surface area contributed by atoms with Gasteiger partial charge in [0.2, 0.25) is 10.0 Å². The maximum Gasteiger partial charge on any atom is 0.245 e. The molecule has 4 nitrogen and oxygen atoms in total. The van der Waals surface area contributed by atoms with Crippen LogP contribution in [-0.4, -0.2) is 37.5 Å². The molecule has 1 aromatic carbocycles. The maximum atomic E-state index is 13.9. The highest BCUT2D eigenvalue weighted by Gasteiger charge is 2.33. The fourth-order valence-electron chi connectivity index (χ4n) is 2.87. The van der Waals surface area contributed by atoms with Crippen molar-refractivity contribution in [3.05, 3.63) is 29.3 Å². The summed E-state index contributed by atoms with van der Waals surface area (Å²) in [6.07, 6.45) is 2.74. The highest BCUT2D eigenvalue weighted by atomic mass is 32.2. The number of rotatable bonds is 4. The van der Waals surface area contributed by atoms with Crippen LogP contribution in [0.1, 0.15) is 31.2 Å². The second kappa shape index (κ2) is 6.60. The van der Waals surface area contributed by atoms with E-state index in [1.165, 1.54) is 18.3 Å². The molecule has 0 spiro atoms. The first kappa shape index (κ1) is 17.3. The van der Waals surface area contributed by atoms with E-state index in [0.717, 1.165) is 18.9 Å². The number of sulfonamides is 1. The van der Waals surface area contributed by atoms with Crippen LogP contribution in [0.15, 0.2) is 17.0 Å². The van der Waals surface area contributed by atoms with E-state index in [2.05, 4.69) is 0 Å². The fraction of sp³-hybridized carbons (Fsp3) is 0.600. The smallest absolute Gasteiger partial charge is 0.245 e. The Morgan fingerprint density at radius 1 is 1.18 bits per heavy atom. The van der Waals surface area contributed by atoms with E-state index >= 15 is 0 Å². The zero-order valence-electron chi connectivity index (χ0n) is 12.7. The van der Waals surface area contributed by atoms with Crippen molar-refractivity contribution in [2.24, 2.45) is 5.92 Å². The molecule has 2 rings (SSSR count). The number of nitrogens with zero attached hydrogens (tertiary/aromatic N) is 1. The van der Waals surface area contributed by atoms with Crippen molar-refractivity contribution >= 4 is 10.0 Å². The summed E-state index contributed by atoms with van der Waals surface area (Å²) in [5.41, 5.74) is 0.0948. The van der Waals surface area contributed by atoms with Gasteiger partial charge in [-0.1, -0.05) is 0 Å². The van der Waals surface area contributed by atoms with Gasteiger partial charge in [-0.25, -0.2) is 17.2 Å². The zero-order valence-corrected chi connectivity index (χ0v) is 13.5. The predicted octanol–water partition coefficient (Wildman–Crippen LogP) is 2.44. The van der Waals surface area contributed by atoms with Gasteiger partial charge in [0.1, 0.15) is 16.5 Å². The first-order valence-electron chi connectivity index (χ1n) is 7.32. The summed E-state index contributed by atoms with van der Waals surface area (Å²) in [6.45, 7) is 1.51. The Labute approximate surface area is 129 Å². The SMILES string of the molecule is Cc1cc(S(=O)(=O)N(C)C2CCC(CO)CC2)c(F)cc1F. The van der Waals surface area contributed by atoms with E-state index in [9.17, 15) is 17.2 Å². The Hall–Kier alpha value is -1.05. The molecule has 0 saturated heterocycles. The lowest BCUT2D eigenvalue weighted by Crippen LogP contribution is -2.40. The highest BCUT2D eigenvalue weighted by Crippen LogP contribution is 2.30. The van der Waals surface area contributed by atoms with Gasteiger partial charge in [-0.2, -0.15) is 4.31 Å². The van der Waals surface area contributed by atoms with Crippen LogP contribution in [0.25, 0.3) is 0 Å². The van der Waals surface area contributed by atoms with Crippen molar-refractivity contribution in [2.45, 2.75) is 43.5 Å². The van der Waals surface area contributed by atoms with Crippen LogP contribution < -0.4 is 0 Å². The van der Waals surface area contributed by atoms with Crippen LogP contribution in [0.3, 0.4) is 0 Å². The van der Waals surface area contributed by atoms with Crippen molar-refractivity contribution in [2.75, 3.05) is 13.7 Å². The standard InChI is InChI=1S/C15H21F2NO3S/c1-10-7-15(14(17)8-13(10)16)22(20,21)18(2)12-5-3-11(9-19)4-6-12/h7-8,11-12,19H,3-6,9H2,1-2H3. The highest BCUT2D eigenvalue weighted by molar-refractivity contribution is 7.89. The molecule has 0 amide bonds. The Kier molecular flexibility index (Phi) is 5.19. The van der Waals surface area contributed by atoms with Gasteiger partial charge in [0.25, 0.3) is 0 Å². The van der Waals surface area contributed by atoms with E-state index in [4.69, 9.17) is 5.11 Å². The van der Waals surface area contributed by atoms with E-state index in [0.29, 0.717) is 18.9 Å². The van der Waals surface area contributed by atoms with Gasteiger partial charge >= 0.3 is 0 Å². The topological polar surface area (TPSA) is 57.6 Å². The third kappa shape index (κ3) is 3.31. The Bertz CT molecular complexity index is 640. The van der Waals surface area contributed by atoms with E-state index < -0.39 is 26.6 Å². The number of aliphatic hydroxyl groups excluding tert-OH is 1. The van der Waals surface area contributed by atoms with Gasteiger partial charge in [-0.05, 0) is 50.2 Å². The van der Waals surface area contributed by atoms with E-state index in [1.807, 2.05) is 0 Å². The van der Waals surface area contributed by atoms with Crippen molar-refractivity contribution in [1.29, 1.82) is 0 Å². The normalized spacial score (nSPS) is 23.0. The summed E-state index contributed by atoms with van der Waals surface area (Å²) in [6, 6.07) is 1.42. The molecule has 124 valence electrons. The molecule has 0 bridgehead atoms. The fourth-order valence-corrected chi connectivity index (χ4v) is 4.42. The van der Waals surface area contributed by atoms with Gasteiger partial charge in [-0.3, -0.25) is 0 Å². The molecule has 0 unspecified atom stereocenters. The third-order valence-electron chi connectivity index (χ3n) is 4.46.